The molecule has 0 saturated heterocycles. The average molecular weight is 624 g/mol. The van der Waals surface area contributed by atoms with E-state index in [0.717, 1.165) is 0 Å². The highest BCUT2D eigenvalue weighted by Gasteiger charge is 2.37. The second kappa shape index (κ2) is 11.8. The number of hydrogen-bond acceptors (Lipinski definition) is 1. The molecule has 0 bridgehead atoms. The zero-order chi connectivity index (χ0) is 32.2. The summed E-state index contributed by atoms with van der Waals surface area (Å²) in [5, 5.41) is 2.69. The molecule has 0 spiro atoms. The monoisotopic (exact) mass is 623 g/mol. The number of anilines is 3. The molecule has 0 atom stereocenters. The molecule has 0 amide bonds. The highest BCUT2D eigenvalue weighted by Crippen LogP contribution is 2.53. The van der Waals surface area contributed by atoms with Gasteiger partial charge in [0.1, 0.15) is 0 Å². The van der Waals surface area contributed by atoms with E-state index in [-0.39, 0.29) is 5.41 Å². The van der Waals surface area contributed by atoms with Crippen molar-refractivity contribution in [3.8, 4) is 22.3 Å². The predicted molar refractivity (Wildman–Crippen MR) is 204 cm³/mol. The first-order chi connectivity index (χ1) is 23.6. The molecule has 3 aliphatic carbocycles. The van der Waals surface area contributed by atoms with Gasteiger partial charge in [-0.15, -0.1) is 0 Å². The molecule has 0 heterocycles. The second-order valence-corrected chi connectivity index (χ2v) is 15.0. The average Bonchev–Trinajstić information content (AvgIpc) is 3.38. The molecule has 3 aliphatic rings. The molecule has 6 aromatic rings. The number of fused-ring (bicyclic) bond motifs is 6. The summed E-state index contributed by atoms with van der Waals surface area (Å²) in [6, 6.07) is 46.5. The maximum atomic E-state index is 2.56. The largest absolute Gasteiger partial charge is 0.310 e. The second-order valence-electron chi connectivity index (χ2n) is 15.0. The Labute approximate surface area is 286 Å². The topological polar surface area (TPSA) is 3.24 Å². The highest BCUT2D eigenvalue weighted by molar-refractivity contribution is 5.98. The van der Waals surface area contributed by atoms with Gasteiger partial charge in [-0.05, 0) is 136 Å². The molecular weight excluding hydrogens is 579 g/mol. The van der Waals surface area contributed by atoms with Crippen LogP contribution in [0.2, 0.25) is 0 Å². The van der Waals surface area contributed by atoms with Gasteiger partial charge in [0.05, 0.1) is 0 Å². The van der Waals surface area contributed by atoms with Gasteiger partial charge in [-0.1, -0.05) is 124 Å². The van der Waals surface area contributed by atoms with Gasteiger partial charge >= 0.3 is 0 Å². The van der Waals surface area contributed by atoms with Crippen LogP contribution >= 0.6 is 0 Å². The van der Waals surface area contributed by atoms with E-state index in [0.29, 0.717) is 5.92 Å². The third kappa shape index (κ3) is 4.81. The number of hydrogen-bond donors (Lipinski definition) is 0. The molecule has 9 rings (SSSR count). The number of rotatable bonds is 5. The molecule has 0 aromatic heterocycles. The summed E-state index contributed by atoms with van der Waals surface area (Å²) in [7, 11) is 0. The molecular formula is C47H45N. The molecule has 1 fully saturated rings. The summed E-state index contributed by atoms with van der Waals surface area (Å²) in [4.78, 5) is 2.56. The normalized spacial score (nSPS) is 16.7. The fourth-order valence-corrected chi connectivity index (χ4v) is 9.45. The Morgan fingerprint density at radius 1 is 0.583 bits per heavy atom. The van der Waals surface area contributed by atoms with Gasteiger partial charge < -0.3 is 4.90 Å². The van der Waals surface area contributed by atoms with E-state index in [1.54, 1.807) is 11.1 Å². The SMILES string of the molecule is CC1(C)c2cc(N(c3ccc(-c4cccc5c4CCCC5)cc3)c3ccccc3C3CCCCC3)ccc2-c2ccc3ccccc3c21. The lowest BCUT2D eigenvalue weighted by Crippen LogP contribution is -2.18. The van der Waals surface area contributed by atoms with Gasteiger partial charge in [0.2, 0.25) is 0 Å². The van der Waals surface area contributed by atoms with Crippen LogP contribution in [-0.4, -0.2) is 0 Å². The lowest BCUT2D eigenvalue weighted by Gasteiger charge is -2.32. The zero-order valence-corrected chi connectivity index (χ0v) is 28.4. The van der Waals surface area contributed by atoms with Crippen LogP contribution < -0.4 is 4.90 Å². The molecule has 1 heteroatoms. The van der Waals surface area contributed by atoms with E-state index in [2.05, 4.69) is 140 Å². The predicted octanol–water partition coefficient (Wildman–Crippen LogP) is 13.2. The molecule has 48 heavy (non-hydrogen) atoms. The van der Waals surface area contributed by atoms with E-state index in [9.17, 15) is 0 Å². The molecule has 0 N–H and O–H groups in total. The summed E-state index contributed by atoms with van der Waals surface area (Å²) in [5.74, 6) is 0.606. The van der Waals surface area contributed by atoms with Gasteiger partial charge in [-0.2, -0.15) is 0 Å². The van der Waals surface area contributed by atoms with Crippen molar-refractivity contribution < 1.29 is 0 Å². The minimum atomic E-state index is -0.105. The minimum absolute atomic E-state index is 0.105. The summed E-state index contributed by atoms with van der Waals surface area (Å²) < 4.78 is 0. The molecule has 238 valence electrons. The van der Waals surface area contributed by atoms with Crippen LogP contribution in [0, 0.1) is 0 Å². The van der Waals surface area contributed by atoms with E-state index in [4.69, 9.17) is 0 Å². The van der Waals surface area contributed by atoms with Crippen LogP contribution in [0.5, 0.6) is 0 Å². The fraction of sp³-hybridized carbons (Fsp3) is 0.277. The van der Waals surface area contributed by atoms with Crippen LogP contribution in [-0.2, 0) is 18.3 Å². The zero-order valence-electron chi connectivity index (χ0n) is 28.4. The van der Waals surface area contributed by atoms with Crippen LogP contribution in [0.4, 0.5) is 17.1 Å². The maximum Gasteiger partial charge on any atom is 0.0496 e. The Morgan fingerprint density at radius 3 is 2.21 bits per heavy atom. The standard InChI is InChI=1S/C47H45N/c1-47(2)44-31-37(28-30-42(44)43-29-25-34-16-7-9-20-41(34)46(43)47)48(45-22-11-10-19-40(45)33-13-4-3-5-14-33)36-26-23-35(24-27-36)39-21-12-17-32-15-6-8-18-38(32)39/h7,9-12,16-17,19-31,33H,3-6,8,13-15,18H2,1-2H3. The van der Waals surface area contributed by atoms with Crippen molar-refractivity contribution in [1.82, 2.24) is 0 Å². The smallest absolute Gasteiger partial charge is 0.0496 e. The lowest BCUT2D eigenvalue weighted by atomic mass is 9.80. The first-order valence-corrected chi connectivity index (χ1v) is 18.4. The van der Waals surface area contributed by atoms with Crippen molar-refractivity contribution in [3.63, 3.8) is 0 Å². The lowest BCUT2D eigenvalue weighted by molar-refractivity contribution is 0.444. The molecule has 1 saturated carbocycles. The van der Waals surface area contributed by atoms with E-state index < -0.39 is 0 Å². The van der Waals surface area contributed by atoms with Gasteiger partial charge in [0.25, 0.3) is 0 Å². The highest BCUT2D eigenvalue weighted by atomic mass is 15.1. The molecule has 0 radical (unpaired) electrons. The van der Waals surface area contributed by atoms with Gasteiger partial charge in [0, 0.05) is 22.5 Å². The van der Waals surface area contributed by atoms with E-state index >= 15 is 0 Å². The summed E-state index contributed by atoms with van der Waals surface area (Å²) in [5.41, 5.74) is 16.7. The van der Waals surface area contributed by atoms with Crippen LogP contribution in [0.3, 0.4) is 0 Å². The van der Waals surface area contributed by atoms with Crippen molar-refractivity contribution in [2.24, 2.45) is 0 Å². The third-order valence-corrected chi connectivity index (χ3v) is 11.8. The van der Waals surface area contributed by atoms with Crippen molar-refractivity contribution >= 4 is 27.8 Å². The van der Waals surface area contributed by atoms with Crippen LogP contribution in [0.15, 0.2) is 121 Å². The first-order valence-electron chi connectivity index (χ1n) is 18.4. The molecule has 0 unspecified atom stereocenters. The fourth-order valence-electron chi connectivity index (χ4n) is 9.45. The Balaban J connectivity index is 1.19. The van der Waals surface area contributed by atoms with Crippen molar-refractivity contribution in [2.45, 2.75) is 83.0 Å². The Kier molecular flexibility index (Phi) is 7.26. The van der Waals surface area contributed by atoms with Gasteiger partial charge in [-0.25, -0.2) is 0 Å². The van der Waals surface area contributed by atoms with Gasteiger partial charge in [-0.3, -0.25) is 0 Å². The number of para-hydroxylation sites is 1. The number of nitrogens with zero attached hydrogens (tertiary/aromatic N) is 1. The van der Waals surface area contributed by atoms with Gasteiger partial charge in [0.15, 0.2) is 0 Å². The van der Waals surface area contributed by atoms with E-state index in [1.165, 1.54) is 125 Å². The Bertz CT molecular complexity index is 2140. The summed E-state index contributed by atoms with van der Waals surface area (Å²) in [6.45, 7) is 4.84. The first kappa shape index (κ1) is 29.5. The van der Waals surface area contributed by atoms with E-state index in [1.807, 2.05) is 0 Å². The number of aryl methyl sites for hydroxylation is 1. The Morgan fingerprint density at radius 2 is 1.33 bits per heavy atom. The maximum absolute atomic E-state index is 2.56. The number of benzene rings is 6. The molecule has 1 nitrogen and oxygen atoms in total. The third-order valence-electron chi connectivity index (χ3n) is 11.8. The molecule has 6 aromatic carbocycles. The van der Waals surface area contributed by atoms with Crippen LogP contribution in [0.25, 0.3) is 33.0 Å². The van der Waals surface area contributed by atoms with Crippen molar-refractivity contribution in [2.75, 3.05) is 4.90 Å². The Hall–Kier alpha value is -4.62. The van der Waals surface area contributed by atoms with Crippen LogP contribution in [0.1, 0.15) is 92.5 Å². The quantitative estimate of drug-likeness (QED) is 0.185. The minimum Gasteiger partial charge on any atom is -0.310 e. The summed E-state index contributed by atoms with van der Waals surface area (Å²) in [6.07, 6.45) is 11.6. The van der Waals surface area contributed by atoms with Crippen molar-refractivity contribution in [1.29, 1.82) is 0 Å². The van der Waals surface area contributed by atoms with Crippen molar-refractivity contribution in [3.05, 3.63) is 149 Å². The molecule has 0 aliphatic heterocycles. The summed E-state index contributed by atoms with van der Waals surface area (Å²) >= 11 is 0.